The van der Waals surface area contributed by atoms with Crippen LogP contribution in [0.3, 0.4) is 0 Å². The van der Waals surface area contributed by atoms with Gasteiger partial charge < -0.3 is 19.3 Å². The van der Waals surface area contributed by atoms with Crippen molar-refractivity contribution in [2.45, 2.75) is 19.5 Å². The van der Waals surface area contributed by atoms with Gasteiger partial charge in [0.1, 0.15) is 6.54 Å². The zero-order valence-electron chi connectivity index (χ0n) is 19.3. The van der Waals surface area contributed by atoms with Gasteiger partial charge in [0.25, 0.3) is 5.91 Å². The number of hydrogen-bond acceptors (Lipinski definition) is 4. The molecule has 0 saturated carbocycles. The molecule has 0 fully saturated rings. The van der Waals surface area contributed by atoms with Crippen molar-refractivity contribution in [3.8, 4) is 11.5 Å². The molecule has 6 nitrogen and oxygen atoms in total. The molecule has 0 atom stereocenters. The van der Waals surface area contributed by atoms with E-state index in [0.717, 1.165) is 16.7 Å². The fraction of sp³-hybridized carbons (Fsp3) is 0.259. The maximum atomic E-state index is 13.3. The first-order chi connectivity index (χ1) is 16.5. The van der Waals surface area contributed by atoms with Gasteiger partial charge in [-0.05, 0) is 59.5 Å². The molecule has 2 amide bonds. The number of methoxy groups -OCH3 is 2. The fourth-order valence-corrected chi connectivity index (χ4v) is 4.26. The van der Waals surface area contributed by atoms with Crippen LogP contribution in [0, 0.1) is 0 Å². The summed E-state index contributed by atoms with van der Waals surface area (Å²) in [6.45, 7) is 1.36. The van der Waals surface area contributed by atoms with E-state index in [1.54, 1.807) is 48.3 Å². The number of fused-ring (bicyclic) bond motifs is 1. The van der Waals surface area contributed by atoms with Crippen LogP contribution in [-0.4, -0.2) is 48.9 Å². The Kier molecular flexibility index (Phi) is 7.38. The summed E-state index contributed by atoms with van der Waals surface area (Å²) in [6.07, 6.45) is 0.714. The largest absolute Gasteiger partial charge is 0.493 e. The highest BCUT2D eigenvalue weighted by Crippen LogP contribution is 2.33. The standard InChI is InChI=1S/C27H27ClN2O4/c1-33-24-14-21-12-13-29(17-22(21)15-25(24)34-2)26(31)18-30(16-19-6-4-3-5-7-19)27(32)20-8-10-23(28)11-9-20/h3-11,14-15H,12-13,16-18H2,1-2H3. The Morgan fingerprint density at radius 3 is 2.24 bits per heavy atom. The minimum absolute atomic E-state index is 0.0149. The van der Waals surface area contributed by atoms with Crippen molar-refractivity contribution in [1.29, 1.82) is 0 Å². The Balaban J connectivity index is 1.53. The molecule has 7 heteroatoms. The molecule has 0 saturated heterocycles. The van der Waals surface area contributed by atoms with Crippen LogP contribution in [-0.2, 0) is 24.3 Å². The van der Waals surface area contributed by atoms with E-state index in [2.05, 4.69) is 0 Å². The highest BCUT2D eigenvalue weighted by atomic mass is 35.5. The van der Waals surface area contributed by atoms with Gasteiger partial charge in [0.2, 0.25) is 5.91 Å². The minimum atomic E-state index is -0.210. The van der Waals surface area contributed by atoms with Crippen molar-refractivity contribution in [1.82, 2.24) is 9.80 Å². The molecule has 0 bridgehead atoms. The Morgan fingerprint density at radius 1 is 0.941 bits per heavy atom. The summed E-state index contributed by atoms with van der Waals surface area (Å²) < 4.78 is 10.8. The van der Waals surface area contributed by atoms with E-state index in [-0.39, 0.29) is 18.4 Å². The van der Waals surface area contributed by atoms with E-state index in [0.29, 0.717) is 48.1 Å². The van der Waals surface area contributed by atoms with Crippen molar-refractivity contribution in [3.63, 3.8) is 0 Å². The van der Waals surface area contributed by atoms with Crippen LogP contribution in [0.4, 0.5) is 0 Å². The molecule has 0 unspecified atom stereocenters. The zero-order chi connectivity index (χ0) is 24.1. The normalized spacial score (nSPS) is 12.6. The molecule has 3 aromatic carbocycles. The van der Waals surface area contributed by atoms with Crippen LogP contribution in [0.25, 0.3) is 0 Å². The third-order valence-electron chi connectivity index (χ3n) is 5.99. The van der Waals surface area contributed by atoms with Crippen LogP contribution in [0.5, 0.6) is 11.5 Å². The van der Waals surface area contributed by atoms with Crippen molar-refractivity contribution >= 4 is 23.4 Å². The predicted octanol–water partition coefficient (Wildman–Crippen LogP) is 4.58. The summed E-state index contributed by atoms with van der Waals surface area (Å²) >= 11 is 5.99. The average molecular weight is 479 g/mol. The lowest BCUT2D eigenvalue weighted by atomic mass is 9.98. The fourth-order valence-electron chi connectivity index (χ4n) is 4.14. The number of carbonyl (C=O) groups excluding carboxylic acids is 2. The topological polar surface area (TPSA) is 59.1 Å². The molecular formula is C27H27ClN2O4. The van der Waals surface area contributed by atoms with Gasteiger partial charge in [0, 0.05) is 30.2 Å². The van der Waals surface area contributed by atoms with Gasteiger partial charge >= 0.3 is 0 Å². The smallest absolute Gasteiger partial charge is 0.254 e. The predicted molar refractivity (Wildman–Crippen MR) is 131 cm³/mol. The van der Waals surface area contributed by atoms with E-state index in [1.165, 1.54) is 0 Å². The van der Waals surface area contributed by atoms with E-state index < -0.39 is 0 Å². The lowest BCUT2D eigenvalue weighted by Crippen LogP contribution is -2.44. The van der Waals surface area contributed by atoms with Crippen LogP contribution in [0.1, 0.15) is 27.0 Å². The monoisotopic (exact) mass is 478 g/mol. The van der Waals surface area contributed by atoms with Gasteiger partial charge in [0.15, 0.2) is 11.5 Å². The van der Waals surface area contributed by atoms with Crippen molar-refractivity contribution < 1.29 is 19.1 Å². The highest BCUT2D eigenvalue weighted by Gasteiger charge is 2.26. The van der Waals surface area contributed by atoms with Gasteiger partial charge in [-0.2, -0.15) is 0 Å². The van der Waals surface area contributed by atoms with Crippen LogP contribution in [0.2, 0.25) is 5.02 Å². The summed E-state index contributed by atoms with van der Waals surface area (Å²) in [4.78, 5) is 30.0. The maximum Gasteiger partial charge on any atom is 0.254 e. The second-order valence-electron chi connectivity index (χ2n) is 8.19. The van der Waals surface area contributed by atoms with E-state index >= 15 is 0 Å². The first-order valence-electron chi connectivity index (χ1n) is 11.1. The van der Waals surface area contributed by atoms with E-state index in [4.69, 9.17) is 21.1 Å². The minimum Gasteiger partial charge on any atom is -0.493 e. The second-order valence-corrected chi connectivity index (χ2v) is 8.63. The van der Waals surface area contributed by atoms with Crippen LogP contribution < -0.4 is 9.47 Å². The summed E-state index contributed by atoms with van der Waals surface area (Å²) in [5.41, 5.74) is 3.61. The lowest BCUT2D eigenvalue weighted by molar-refractivity contribution is -0.133. The Bertz CT molecular complexity index is 1170. The molecule has 0 aromatic heterocycles. The van der Waals surface area contributed by atoms with Gasteiger partial charge in [-0.1, -0.05) is 41.9 Å². The molecule has 0 aliphatic carbocycles. The van der Waals surface area contributed by atoms with Crippen molar-refractivity contribution in [2.75, 3.05) is 27.3 Å². The Labute approximate surface area is 204 Å². The number of nitrogens with zero attached hydrogens (tertiary/aromatic N) is 2. The van der Waals surface area contributed by atoms with E-state index in [9.17, 15) is 9.59 Å². The molecule has 0 N–H and O–H groups in total. The molecular weight excluding hydrogens is 452 g/mol. The lowest BCUT2D eigenvalue weighted by Gasteiger charge is -2.32. The zero-order valence-corrected chi connectivity index (χ0v) is 20.0. The summed E-state index contributed by atoms with van der Waals surface area (Å²) in [5.74, 6) is 1.01. The molecule has 0 spiro atoms. The Hall–Kier alpha value is -3.51. The van der Waals surface area contributed by atoms with Crippen LogP contribution >= 0.6 is 11.6 Å². The molecule has 3 aromatic rings. The third-order valence-corrected chi connectivity index (χ3v) is 6.24. The maximum absolute atomic E-state index is 13.3. The molecule has 0 radical (unpaired) electrons. The molecule has 1 aliphatic rings. The summed E-state index contributed by atoms with van der Waals surface area (Å²) in [6, 6.07) is 20.3. The van der Waals surface area contributed by atoms with Crippen molar-refractivity contribution in [3.05, 3.63) is 94.0 Å². The van der Waals surface area contributed by atoms with Crippen molar-refractivity contribution in [2.24, 2.45) is 0 Å². The molecule has 176 valence electrons. The first-order valence-corrected chi connectivity index (χ1v) is 11.5. The number of rotatable bonds is 7. The van der Waals surface area contributed by atoms with Gasteiger partial charge in [0.05, 0.1) is 14.2 Å². The molecule has 1 heterocycles. The molecule has 1 aliphatic heterocycles. The van der Waals surface area contributed by atoms with Gasteiger partial charge in [-0.25, -0.2) is 0 Å². The highest BCUT2D eigenvalue weighted by molar-refractivity contribution is 6.30. The second kappa shape index (κ2) is 10.6. The quantitative estimate of drug-likeness (QED) is 0.498. The Morgan fingerprint density at radius 2 is 1.59 bits per heavy atom. The average Bonchev–Trinajstić information content (AvgIpc) is 2.87. The van der Waals surface area contributed by atoms with Crippen LogP contribution in [0.15, 0.2) is 66.7 Å². The third kappa shape index (κ3) is 5.34. The number of halogens is 1. The van der Waals surface area contributed by atoms with E-state index in [1.807, 2.05) is 42.5 Å². The van der Waals surface area contributed by atoms with Gasteiger partial charge in [-0.15, -0.1) is 0 Å². The molecule has 4 rings (SSSR count). The number of benzene rings is 3. The number of hydrogen-bond donors (Lipinski definition) is 0. The van der Waals surface area contributed by atoms with Gasteiger partial charge in [-0.3, -0.25) is 9.59 Å². The summed E-state index contributed by atoms with van der Waals surface area (Å²) in [7, 11) is 3.21. The number of carbonyl (C=O) groups is 2. The summed E-state index contributed by atoms with van der Waals surface area (Å²) in [5, 5.41) is 0.557. The first kappa shape index (κ1) is 23.6. The SMILES string of the molecule is COc1cc2c(cc1OC)CN(C(=O)CN(Cc1ccccc1)C(=O)c1ccc(Cl)cc1)CC2. The number of amides is 2. The number of ether oxygens (including phenoxy) is 2. The molecule has 34 heavy (non-hydrogen) atoms.